The molecule has 1 saturated carbocycles. The molecule has 2 aromatic carbocycles. The Balaban J connectivity index is 1.47. The summed E-state index contributed by atoms with van der Waals surface area (Å²) in [5.41, 5.74) is 1.96. The number of ether oxygens (including phenoxy) is 2. The van der Waals surface area contributed by atoms with Gasteiger partial charge in [-0.1, -0.05) is 51.3 Å². The number of hydrogen-bond acceptors (Lipinski definition) is 3. The van der Waals surface area contributed by atoms with E-state index < -0.39 is 0 Å². The van der Waals surface area contributed by atoms with Crippen LogP contribution < -0.4 is 9.47 Å². The van der Waals surface area contributed by atoms with Gasteiger partial charge in [-0.25, -0.2) is 4.79 Å². The maximum absolute atomic E-state index is 12.5. The summed E-state index contributed by atoms with van der Waals surface area (Å²) in [6.07, 6.45) is 10.7. The van der Waals surface area contributed by atoms with Crippen LogP contribution in [-0.2, 0) is 0 Å². The van der Waals surface area contributed by atoms with Crippen molar-refractivity contribution in [3.8, 4) is 11.5 Å². The molecule has 4 heteroatoms. The second-order valence-corrected chi connectivity index (χ2v) is 10.6. The van der Waals surface area contributed by atoms with Gasteiger partial charge in [-0.3, -0.25) is 0 Å². The van der Waals surface area contributed by atoms with Gasteiger partial charge < -0.3 is 9.47 Å². The van der Waals surface area contributed by atoms with Gasteiger partial charge in [-0.15, -0.1) is 0 Å². The zero-order valence-electron chi connectivity index (χ0n) is 19.3. The molecule has 0 atom stereocenters. The van der Waals surface area contributed by atoms with Crippen molar-refractivity contribution in [2.75, 3.05) is 6.61 Å². The maximum Gasteiger partial charge on any atom is 0.343 e. The summed E-state index contributed by atoms with van der Waals surface area (Å²) < 4.78 is 11.2. The zero-order chi connectivity index (χ0) is 21.9. The van der Waals surface area contributed by atoms with Gasteiger partial charge in [-0.2, -0.15) is 0 Å². The molecule has 2 aromatic rings. The first-order valence-corrected chi connectivity index (χ1v) is 14.7. The molecule has 0 radical (unpaired) electrons. The fourth-order valence-electron chi connectivity index (χ4n) is 4.46. The fourth-order valence-corrected chi connectivity index (χ4v) is 4.90. The number of unbranched alkanes of at least 4 members (excludes halogenated alkanes) is 2. The van der Waals surface area contributed by atoms with E-state index in [1.807, 2.05) is 24.3 Å². The van der Waals surface area contributed by atoms with Crippen LogP contribution in [0.15, 0.2) is 48.5 Å². The first-order chi connectivity index (χ1) is 15.2. The number of rotatable bonds is 11. The Morgan fingerprint density at radius 1 is 0.935 bits per heavy atom. The summed E-state index contributed by atoms with van der Waals surface area (Å²) in [5, 5.41) is 0. The molecule has 1 fully saturated rings. The van der Waals surface area contributed by atoms with E-state index in [1.165, 1.54) is 63.0 Å². The van der Waals surface area contributed by atoms with Gasteiger partial charge in [0.1, 0.15) is 11.5 Å². The number of carbonyl (C=O) groups excluding carboxylic acids is 1. The zero-order valence-corrected chi connectivity index (χ0v) is 20.7. The Kier molecular flexibility index (Phi) is 9.66. The molecule has 0 unspecified atom stereocenters. The predicted octanol–water partition coefficient (Wildman–Crippen LogP) is 6.77. The molecule has 0 N–H and O–H groups in total. The first-order valence-electron chi connectivity index (χ1n) is 12.2. The van der Waals surface area contributed by atoms with Crippen LogP contribution in [0, 0.1) is 5.92 Å². The molecular formula is C27H38O3Si. The molecule has 168 valence electrons. The third-order valence-corrected chi connectivity index (χ3v) is 7.48. The monoisotopic (exact) mass is 438 g/mol. The molecule has 0 aromatic heterocycles. The summed E-state index contributed by atoms with van der Waals surface area (Å²) >= 11 is 0. The predicted molar refractivity (Wildman–Crippen MR) is 131 cm³/mol. The molecule has 0 heterocycles. The van der Waals surface area contributed by atoms with Gasteiger partial charge in [0.2, 0.25) is 0 Å². The molecule has 0 amide bonds. The van der Waals surface area contributed by atoms with Crippen LogP contribution in [0.4, 0.5) is 0 Å². The highest BCUT2D eigenvalue weighted by Crippen LogP contribution is 2.37. The summed E-state index contributed by atoms with van der Waals surface area (Å²) in [7, 11) is 0.0342. The van der Waals surface area contributed by atoms with E-state index in [0.717, 1.165) is 18.3 Å². The topological polar surface area (TPSA) is 35.5 Å². The van der Waals surface area contributed by atoms with Crippen molar-refractivity contribution < 1.29 is 14.3 Å². The minimum absolute atomic E-state index is 0.0342. The Morgan fingerprint density at radius 2 is 1.61 bits per heavy atom. The van der Waals surface area contributed by atoms with Crippen molar-refractivity contribution in [2.45, 2.75) is 76.8 Å². The molecular weight excluding hydrogens is 400 g/mol. The third-order valence-electron chi connectivity index (χ3n) is 6.48. The second-order valence-electron chi connectivity index (χ2n) is 8.90. The van der Waals surface area contributed by atoms with E-state index in [0.29, 0.717) is 17.2 Å². The van der Waals surface area contributed by atoms with Crippen molar-refractivity contribution in [1.29, 1.82) is 0 Å². The number of benzene rings is 2. The molecule has 1 aliphatic carbocycles. The van der Waals surface area contributed by atoms with E-state index in [1.54, 1.807) is 12.1 Å². The molecule has 3 rings (SSSR count). The van der Waals surface area contributed by atoms with Crippen LogP contribution >= 0.6 is 0 Å². The second kappa shape index (κ2) is 12.7. The van der Waals surface area contributed by atoms with Gasteiger partial charge in [-0.05, 0) is 85.5 Å². The average Bonchev–Trinajstić information content (AvgIpc) is 2.81. The highest BCUT2D eigenvalue weighted by Gasteiger charge is 2.22. The van der Waals surface area contributed by atoms with E-state index >= 15 is 0 Å². The molecule has 1 aliphatic rings. The fraction of sp³-hybridized carbons (Fsp3) is 0.519. The molecule has 0 saturated heterocycles. The average molecular weight is 439 g/mol. The quantitative estimate of drug-likeness (QED) is 0.168. The van der Waals surface area contributed by atoms with E-state index in [2.05, 4.69) is 25.6 Å². The maximum atomic E-state index is 12.5. The van der Waals surface area contributed by atoms with Crippen LogP contribution in [0.2, 0.25) is 12.6 Å². The normalized spacial score (nSPS) is 18.9. The van der Waals surface area contributed by atoms with Crippen LogP contribution in [0.3, 0.4) is 0 Å². The summed E-state index contributed by atoms with van der Waals surface area (Å²) in [6, 6.07) is 16.6. The van der Waals surface area contributed by atoms with Crippen LogP contribution in [0.5, 0.6) is 11.5 Å². The first kappa shape index (κ1) is 23.6. The minimum atomic E-state index is -0.308. The van der Waals surface area contributed by atoms with Crippen LogP contribution in [0.25, 0.3) is 0 Å². The Hall–Kier alpha value is -2.07. The summed E-state index contributed by atoms with van der Waals surface area (Å²) in [4.78, 5) is 12.5. The van der Waals surface area contributed by atoms with Gasteiger partial charge in [0, 0.05) is 9.52 Å². The number of esters is 1. The highest BCUT2D eigenvalue weighted by atomic mass is 28.2. The Morgan fingerprint density at radius 3 is 2.26 bits per heavy atom. The standard InChI is InChI=1S/C27H38O3Si/c1-3-4-5-6-21-7-9-22(10-8-21)23-11-13-24(14-12-23)27(28)30-26-17-15-25(16-18-26)29-19-20-31-2/h11-18,21-22H,3-10,19-20,31H2,1-2H3. The molecule has 3 nitrogen and oxygen atoms in total. The van der Waals surface area contributed by atoms with Crippen LogP contribution in [0.1, 0.15) is 80.1 Å². The smallest absolute Gasteiger partial charge is 0.343 e. The highest BCUT2D eigenvalue weighted by molar-refractivity contribution is 6.33. The molecule has 0 spiro atoms. The minimum Gasteiger partial charge on any atom is -0.494 e. The SMILES string of the molecule is CCCCCC1CCC(c2ccc(C(=O)Oc3ccc(OCC[SiH2]C)cc3)cc2)CC1. The summed E-state index contributed by atoms with van der Waals surface area (Å²) in [6.45, 7) is 5.32. The van der Waals surface area contributed by atoms with E-state index in [-0.39, 0.29) is 15.5 Å². The number of hydrogen-bond donors (Lipinski definition) is 0. The van der Waals surface area contributed by atoms with E-state index in [9.17, 15) is 4.79 Å². The van der Waals surface area contributed by atoms with E-state index in [4.69, 9.17) is 9.47 Å². The molecule has 0 aliphatic heterocycles. The lowest BCUT2D eigenvalue weighted by atomic mass is 9.77. The Labute approximate surface area is 190 Å². The largest absolute Gasteiger partial charge is 0.494 e. The van der Waals surface area contributed by atoms with Gasteiger partial charge >= 0.3 is 5.97 Å². The van der Waals surface area contributed by atoms with Crippen molar-refractivity contribution >= 4 is 15.5 Å². The number of carbonyl (C=O) groups is 1. The van der Waals surface area contributed by atoms with Gasteiger partial charge in [0.15, 0.2) is 0 Å². The summed E-state index contributed by atoms with van der Waals surface area (Å²) in [5.74, 6) is 2.62. The molecule has 31 heavy (non-hydrogen) atoms. The van der Waals surface area contributed by atoms with Gasteiger partial charge in [0.05, 0.1) is 12.2 Å². The lowest BCUT2D eigenvalue weighted by Crippen LogP contribution is -2.14. The van der Waals surface area contributed by atoms with Crippen molar-refractivity contribution in [3.05, 3.63) is 59.7 Å². The lowest BCUT2D eigenvalue weighted by Gasteiger charge is -2.29. The van der Waals surface area contributed by atoms with Crippen molar-refractivity contribution in [1.82, 2.24) is 0 Å². The van der Waals surface area contributed by atoms with Crippen molar-refractivity contribution in [2.24, 2.45) is 5.92 Å². The lowest BCUT2D eigenvalue weighted by molar-refractivity contribution is 0.0734. The van der Waals surface area contributed by atoms with Crippen LogP contribution in [-0.4, -0.2) is 22.1 Å². The van der Waals surface area contributed by atoms with Gasteiger partial charge in [0.25, 0.3) is 0 Å². The Bertz CT molecular complexity index is 777. The van der Waals surface area contributed by atoms with Crippen molar-refractivity contribution in [3.63, 3.8) is 0 Å². The molecule has 0 bridgehead atoms. The third kappa shape index (κ3) is 7.53.